The van der Waals surface area contributed by atoms with E-state index in [2.05, 4.69) is 5.10 Å². The molecule has 0 saturated carbocycles. The Kier molecular flexibility index (Phi) is 3.06. The van der Waals surface area contributed by atoms with Gasteiger partial charge in [0, 0.05) is 19.0 Å². The van der Waals surface area contributed by atoms with Crippen LogP contribution in [0, 0.1) is 6.92 Å². The number of carboxylic acid groups (broad SMARTS) is 1. The SMILES string of the molecule is Cc1nn(C)c(Cl)c1CC(C)(O)C(=O)O. The van der Waals surface area contributed by atoms with Gasteiger partial charge in [-0.3, -0.25) is 4.68 Å². The van der Waals surface area contributed by atoms with Gasteiger partial charge in [-0.25, -0.2) is 4.79 Å². The van der Waals surface area contributed by atoms with Gasteiger partial charge >= 0.3 is 5.97 Å². The Morgan fingerprint density at radius 3 is 2.53 bits per heavy atom. The summed E-state index contributed by atoms with van der Waals surface area (Å²) in [5.74, 6) is -1.28. The van der Waals surface area contributed by atoms with Crippen LogP contribution in [0.2, 0.25) is 5.15 Å². The van der Waals surface area contributed by atoms with Gasteiger partial charge in [-0.1, -0.05) is 11.6 Å². The molecule has 0 aliphatic carbocycles. The van der Waals surface area contributed by atoms with Crippen molar-refractivity contribution in [3.05, 3.63) is 16.4 Å². The van der Waals surface area contributed by atoms with Crippen molar-refractivity contribution in [2.45, 2.75) is 25.9 Å². The van der Waals surface area contributed by atoms with Crippen LogP contribution in [0.15, 0.2) is 0 Å². The van der Waals surface area contributed by atoms with Crippen molar-refractivity contribution < 1.29 is 15.0 Å². The summed E-state index contributed by atoms with van der Waals surface area (Å²) in [7, 11) is 1.66. The monoisotopic (exact) mass is 232 g/mol. The van der Waals surface area contributed by atoms with Crippen LogP contribution in [0.4, 0.5) is 0 Å². The maximum Gasteiger partial charge on any atom is 0.335 e. The van der Waals surface area contributed by atoms with Crippen LogP contribution >= 0.6 is 11.6 Å². The number of halogens is 1. The molecule has 0 fully saturated rings. The topological polar surface area (TPSA) is 75.3 Å². The third-order valence-corrected chi connectivity index (χ3v) is 2.72. The molecule has 1 aromatic rings. The first-order chi connectivity index (χ1) is 6.75. The smallest absolute Gasteiger partial charge is 0.335 e. The molecule has 1 rings (SSSR count). The second-order valence-electron chi connectivity index (χ2n) is 3.73. The summed E-state index contributed by atoms with van der Waals surface area (Å²) in [5, 5.41) is 22.8. The van der Waals surface area contributed by atoms with E-state index in [9.17, 15) is 9.90 Å². The second-order valence-corrected chi connectivity index (χ2v) is 4.09. The van der Waals surface area contributed by atoms with Crippen LogP contribution < -0.4 is 0 Å². The molecule has 0 radical (unpaired) electrons. The van der Waals surface area contributed by atoms with E-state index in [1.54, 1.807) is 14.0 Å². The Morgan fingerprint density at radius 2 is 2.20 bits per heavy atom. The standard InChI is InChI=1S/C9H13ClN2O3/c1-5-6(7(10)12(3)11-5)4-9(2,15)8(13)14/h15H,4H2,1-3H3,(H,13,14). The highest BCUT2D eigenvalue weighted by Crippen LogP contribution is 2.23. The molecule has 0 aliphatic heterocycles. The highest BCUT2D eigenvalue weighted by Gasteiger charge is 2.32. The van der Waals surface area contributed by atoms with Gasteiger partial charge in [-0.2, -0.15) is 5.10 Å². The van der Waals surface area contributed by atoms with Crippen molar-refractivity contribution >= 4 is 17.6 Å². The van der Waals surface area contributed by atoms with E-state index >= 15 is 0 Å². The molecule has 0 saturated heterocycles. The Balaban J connectivity index is 3.04. The van der Waals surface area contributed by atoms with E-state index in [1.165, 1.54) is 11.6 Å². The van der Waals surface area contributed by atoms with Gasteiger partial charge < -0.3 is 10.2 Å². The summed E-state index contributed by atoms with van der Waals surface area (Å²) in [6, 6.07) is 0. The number of aliphatic carboxylic acids is 1. The molecular formula is C9H13ClN2O3. The largest absolute Gasteiger partial charge is 0.479 e. The lowest BCUT2D eigenvalue weighted by atomic mass is 9.97. The van der Waals surface area contributed by atoms with Crippen molar-refractivity contribution in [2.24, 2.45) is 7.05 Å². The van der Waals surface area contributed by atoms with Gasteiger partial charge in [0.1, 0.15) is 5.15 Å². The normalized spacial score (nSPS) is 15.0. The Hall–Kier alpha value is -1.07. The molecule has 0 amide bonds. The van der Waals surface area contributed by atoms with Crippen LogP contribution in [-0.2, 0) is 18.3 Å². The number of hydrogen-bond donors (Lipinski definition) is 2. The third kappa shape index (κ3) is 2.30. The summed E-state index contributed by atoms with van der Waals surface area (Å²) in [6.07, 6.45) is -0.0547. The minimum absolute atomic E-state index is 0.0547. The number of aryl methyl sites for hydroxylation is 2. The van der Waals surface area contributed by atoms with E-state index in [4.69, 9.17) is 16.7 Å². The summed E-state index contributed by atoms with van der Waals surface area (Å²) >= 11 is 5.92. The molecule has 1 heterocycles. The molecule has 6 heteroatoms. The molecule has 1 aromatic heterocycles. The second kappa shape index (κ2) is 3.83. The predicted octanol–water partition coefficient (Wildman–Crippen LogP) is 0.760. The fourth-order valence-electron chi connectivity index (χ4n) is 1.29. The first-order valence-electron chi connectivity index (χ1n) is 4.39. The zero-order valence-corrected chi connectivity index (χ0v) is 9.54. The molecule has 0 aromatic carbocycles. The van der Waals surface area contributed by atoms with E-state index in [0.29, 0.717) is 16.4 Å². The summed E-state index contributed by atoms with van der Waals surface area (Å²) in [6.45, 7) is 2.96. The van der Waals surface area contributed by atoms with Crippen LogP contribution in [0.25, 0.3) is 0 Å². The van der Waals surface area contributed by atoms with Crippen molar-refractivity contribution in [2.75, 3.05) is 0 Å². The number of carbonyl (C=O) groups is 1. The van der Waals surface area contributed by atoms with Crippen molar-refractivity contribution in [1.29, 1.82) is 0 Å². The van der Waals surface area contributed by atoms with E-state index < -0.39 is 11.6 Å². The predicted molar refractivity (Wildman–Crippen MR) is 54.9 cm³/mol. The molecule has 0 spiro atoms. The highest BCUT2D eigenvalue weighted by molar-refractivity contribution is 6.30. The lowest BCUT2D eigenvalue weighted by molar-refractivity contribution is -0.156. The van der Waals surface area contributed by atoms with E-state index in [1.807, 2.05) is 0 Å². The van der Waals surface area contributed by atoms with Crippen molar-refractivity contribution in [1.82, 2.24) is 9.78 Å². The zero-order chi connectivity index (χ0) is 11.8. The average molecular weight is 233 g/mol. The van der Waals surface area contributed by atoms with Crippen LogP contribution in [0.3, 0.4) is 0 Å². The molecule has 15 heavy (non-hydrogen) atoms. The first-order valence-corrected chi connectivity index (χ1v) is 4.77. The average Bonchev–Trinajstić information content (AvgIpc) is 2.32. The fourth-order valence-corrected chi connectivity index (χ4v) is 1.54. The number of carboxylic acids is 1. The summed E-state index contributed by atoms with van der Waals surface area (Å²) in [4.78, 5) is 10.7. The lowest BCUT2D eigenvalue weighted by Crippen LogP contribution is -2.37. The maximum atomic E-state index is 10.7. The molecular weight excluding hydrogens is 220 g/mol. The molecule has 0 aliphatic rings. The fraction of sp³-hybridized carbons (Fsp3) is 0.556. The minimum atomic E-state index is -1.82. The highest BCUT2D eigenvalue weighted by atomic mass is 35.5. The van der Waals surface area contributed by atoms with E-state index in [0.717, 1.165) is 0 Å². The number of hydrogen-bond acceptors (Lipinski definition) is 3. The van der Waals surface area contributed by atoms with Crippen LogP contribution in [-0.4, -0.2) is 31.6 Å². The maximum absolute atomic E-state index is 10.7. The minimum Gasteiger partial charge on any atom is -0.479 e. The van der Waals surface area contributed by atoms with Gasteiger partial charge in [0.2, 0.25) is 0 Å². The molecule has 1 unspecified atom stereocenters. The van der Waals surface area contributed by atoms with Gasteiger partial charge in [-0.15, -0.1) is 0 Å². The third-order valence-electron chi connectivity index (χ3n) is 2.25. The van der Waals surface area contributed by atoms with Crippen molar-refractivity contribution in [3.63, 3.8) is 0 Å². The van der Waals surface area contributed by atoms with Gasteiger partial charge in [0.05, 0.1) is 5.69 Å². The quantitative estimate of drug-likeness (QED) is 0.807. The number of rotatable bonds is 3. The Bertz CT molecular complexity index is 398. The van der Waals surface area contributed by atoms with Crippen molar-refractivity contribution in [3.8, 4) is 0 Å². The van der Waals surface area contributed by atoms with Gasteiger partial charge in [0.15, 0.2) is 5.60 Å². The Labute approximate surface area is 92.3 Å². The van der Waals surface area contributed by atoms with Gasteiger partial charge in [-0.05, 0) is 13.8 Å². The lowest BCUT2D eigenvalue weighted by Gasteiger charge is -2.17. The summed E-state index contributed by atoms with van der Waals surface area (Å²) in [5.41, 5.74) is -0.632. The number of aliphatic hydroxyl groups is 1. The van der Waals surface area contributed by atoms with Crippen LogP contribution in [0.1, 0.15) is 18.2 Å². The van der Waals surface area contributed by atoms with Crippen LogP contribution in [0.5, 0.6) is 0 Å². The molecule has 84 valence electrons. The molecule has 5 nitrogen and oxygen atoms in total. The number of aromatic nitrogens is 2. The number of nitrogens with zero attached hydrogens (tertiary/aromatic N) is 2. The molecule has 2 N–H and O–H groups in total. The molecule has 0 bridgehead atoms. The zero-order valence-electron chi connectivity index (χ0n) is 8.78. The summed E-state index contributed by atoms with van der Waals surface area (Å²) < 4.78 is 1.45. The Morgan fingerprint density at radius 1 is 1.67 bits per heavy atom. The van der Waals surface area contributed by atoms with Gasteiger partial charge in [0.25, 0.3) is 0 Å². The molecule has 1 atom stereocenters. The van der Waals surface area contributed by atoms with E-state index in [-0.39, 0.29) is 6.42 Å². The first kappa shape index (κ1) is 12.0.